The summed E-state index contributed by atoms with van der Waals surface area (Å²) in [7, 11) is 0. The number of aliphatic carboxylic acids is 1. The molecule has 0 spiro atoms. The Kier molecular flexibility index (Phi) is 6.02. The minimum Gasteiger partial charge on any atom is -0.481 e. The van der Waals surface area contributed by atoms with Gasteiger partial charge in [0.2, 0.25) is 0 Å². The van der Waals surface area contributed by atoms with Crippen LogP contribution in [0.15, 0.2) is 42.5 Å². The Morgan fingerprint density at radius 1 is 1.08 bits per heavy atom. The van der Waals surface area contributed by atoms with E-state index in [1.54, 1.807) is 4.90 Å². The van der Waals surface area contributed by atoms with E-state index in [2.05, 4.69) is 0 Å². The first-order chi connectivity index (χ1) is 11.7. The first-order valence-corrected chi connectivity index (χ1v) is 8.42. The van der Waals surface area contributed by atoms with Crippen molar-refractivity contribution in [3.05, 3.63) is 48.0 Å². The summed E-state index contributed by atoms with van der Waals surface area (Å²) >= 11 is 0. The van der Waals surface area contributed by atoms with E-state index in [-0.39, 0.29) is 6.42 Å². The predicted octanol–water partition coefficient (Wildman–Crippen LogP) is 4.44. The number of carbonyl (C=O) groups excluding carboxylic acids is 1. The van der Waals surface area contributed by atoms with E-state index >= 15 is 0 Å². The number of amides is 1. The van der Waals surface area contributed by atoms with E-state index in [1.165, 1.54) is 0 Å². The molecule has 2 aromatic carbocycles. The van der Waals surface area contributed by atoms with Crippen LogP contribution in [0.5, 0.6) is 0 Å². The predicted molar refractivity (Wildman–Crippen MR) is 97.5 cm³/mol. The highest BCUT2D eigenvalue weighted by molar-refractivity contribution is 5.83. The number of carboxylic acid groups (broad SMARTS) is 1. The van der Waals surface area contributed by atoms with E-state index in [9.17, 15) is 9.59 Å². The van der Waals surface area contributed by atoms with Crippen molar-refractivity contribution >= 4 is 22.8 Å². The lowest BCUT2D eigenvalue weighted by Crippen LogP contribution is -2.37. The quantitative estimate of drug-likeness (QED) is 0.842. The lowest BCUT2D eigenvalue weighted by Gasteiger charge is -2.27. The molecular weight excluding hydrogens is 318 g/mol. The molecule has 0 atom stereocenters. The molecular formula is C20H25NO4. The van der Waals surface area contributed by atoms with Crippen LogP contribution in [-0.4, -0.2) is 34.2 Å². The number of hydrogen-bond acceptors (Lipinski definition) is 3. The zero-order chi connectivity index (χ0) is 18.4. The van der Waals surface area contributed by atoms with Crippen molar-refractivity contribution in [2.45, 2.75) is 45.8 Å². The summed E-state index contributed by atoms with van der Waals surface area (Å²) in [4.78, 5) is 24.8. The molecule has 0 unspecified atom stereocenters. The minimum absolute atomic E-state index is 0.0248. The summed E-state index contributed by atoms with van der Waals surface area (Å²) in [5, 5.41) is 11.1. The maximum Gasteiger partial charge on any atom is 0.410 e. The second-order valence-electron chi connectivity index (χ2n) is 7.08. The standard InChI is InChI=1S/C20H25NO4/c1-20(2,3)25-19(24)21(12-6-9-18(22)23)14-15-10-11-16-7-4-5-8-17(16)13-15/h4-5,7-8,10-11,13H,6,9,12,14H2,1-3H3,(H,22,23). The summed E-state index contributed by atoms with van der Waals surface area (Å²) in [6, 6.07) is 14.1. The lowest BCUT2D eigenvalue weighted by molar-refractivity contribution is -0.137. The number of nitrogens with zero attached hydrogens (tertiary/aromatic N) is 1. The molecule has 1 amide bonds. The number of carbonyl (C=O) groups is 2. The first-order valence-electron chi connectivity index (χ1n) is 8.42. The summed E-state index contributed by atoms with van der Waals surface area (Å²) in [5.41, 5.74) is 0.394. The lowest BCUT2D eigenvalue weighted by atomic mass is 10.1. The van der Waals surface area contributed by atoms with Crippen LogP contribution in [0.4, 0.5) is 4.79 Å². The van der Waals surface area contributed by atoms with E-state index < -0.39 is 17.7 Å². The third-order valence-electron chi connectivity index (χ3n) is 3.66. The van der Waals surface area contributed by atoms with Gasteiger partial charge < -0.3 is 14.7 Å². The Hall–Kier alpha value is -2.56. The van der Waals surface area contributed by atoms with Gasteiger partial charge in [0.15, 0.2) is 0 Å². The smallest absolute Gasteiger partial charge is 0.410 e. The number of benzene rings is 2. The molecule has 5 nitrogen and oxygen atoms in total. The van der Waals surface area contributed by atoms with Crippen molar-refractivity contribution in [1.29, 1.82) is 0 Å². The monoisotopic (exact) mass is 343 g/mol. The van der Waals surface area contributed by atoms with Crippen LogP contribution in [0.1, 0.15) is 39.2 Å². The highest BCUT2D eigenvalue weighted by Gasteiger charge is 2.22. The van der Waals surface area contributed by atoms with E-state index in [4.69, 9.17) is 9.84 Å². The highest BCUT2D eigenvalue weighted by atomic mass is 16.6. The zero-order valence-electron chi connectivity index (χ0n) is 15.0. The molecule has 0 heterocycles. The fourth-order valence-corrected chi connectivity index (χ4v) is 2.54. The molecule has 0 aliphatic heterocycles. The molecule has 0 saturated heterocycles. The molecule has 0 radical (unpaired) electrons. The Labute approximate surface area is 148 Å². The van der Waals surface area contributed by atoms with Gasteiger partial charge in [0, 0.05) is 19.5 Å². The van der Waals surface area contributed by atoms with Gasteiger partial charge in [-0.05, 0) is 49.6 Å². The number of carboxylic acids is 1. The van der Waals surface area contributed by atoms with Gasteiger partial charge in [-0.25, -0.2) is 4.79 Å². The number of hydrogen-bond donors (Lipinski definition) is 1. The van der Waals surface area contributed by atoms with E-state index in [0.29, 0.717) is 19.5 Å². The summed E-state index contributed by atoms with van der Waals surface area (Å²) in [5.74, 6) is -0.866. The van der Waals surface area contributed by atoms with Gasteiger partial charge in [0.1, 0.15) is 5.60 Å². The molecule has 0 bridgehead atoms. The topological polar surface area (TPSA) is 66.8 Å². The second-order valence-corrected chi connectivity index (χ2v) is 7.08. The van der Waals surface area contributed by atoms with Gasteiger partial charge in [-0.15, -0.1) is 0 Å². The van der Waals surface area contributed by atoms with E-state index in [1.807, 2.05) is 63.2 Å². The van der Waals surface area contributed by atoms with Crippen LogP contribution in [0.3, 0.4) is 0 Å². The second kappa shape index (κ2) is 8.01. The molecule has 134 valence electrons. The third kappa shape index (κ3) is 6.10. The van der Waals surface area contributed by atoms with Crippen LogP contribution in [-0.2, 0) is 16.1 Å². The highest BCUT2D eigenvalue weighted by Crippen LogP contribution is 2.18. The van der Waals surface area contributed by atoms with Gasteiger partial charge >= 0.3 is 12.1 Å². The minimum atomic E-state index is -0.866. The van der Waals surface area contributed by atoms with Crippen molar-refractivity contribution in [3.63, 3.8) is 0 Å². The SMILES string of the molecule is CC(C)(C)OC(=O)N(CCCC(=O)O)Cc1ccc2ccccc2c1. The van der Waals surface area contributed by atoms with Crippen LogP contribution >= 0.6 is 0 Å². The molecule has 0 aliphatic rings. The average Bonchev–Trinajstić information content (AvgIpc) is 2.52. The molecule has 2 rings (SSSR count). The number of ether oxygens (including phenoxy) is 1. The van der Waals surface area contributed by atoms with Gasteiger partial charge in [-0.3, -0.25) is 4.79 Å². The molecule has 25 heavy (non-hydrogen) atoms. The van der Waals surface area contributed by atoms with Crippen LogP contribution in [0.25, 0.3) is 10.8 Å². The molecule has 2 aromatic rings. The van der Waals surface area contributed by atoms with Crippen LogP contribution < -0.4 is 0 Å². The summed E-state index contributed by atoms with van der Waals surface area (Å²) < 4.78 is 5.46. The van der Waals surface area contributed by atoms with Gasteiger partial charge in [-0.2, -0.15) is 0 Å². The summed E-state index contributed by atoms with van der Waals surface area (Å²) in [6.45, 7) is 6.18. The molecule has 5 heteroatoms. The van der Waals surface area contributed by atoms with Crippen molar-refractivity contribution in [3.8, 4) is 0 Å². The van der Waals surface area contributed by atoms with Gasteiger partial charge in [-0.1, -0.05) is 36.4 Å². The van der Waals surface area contributed by atoms with Gasteiger partial charge in [0.05, 0.1) is 0 Å². The molecule has 0 aliphatic carbocycles. The van der Waals surface area contributed by atoms with Crippen molar-refractivity contribution < 1.29 is 19.4 Å². The van der Waals surface area contributed by atoms with E-state index in [0.717, 1.165) is 16.3 Å². The molecule has 0 fully saturated rings. The number of rotatable bonds is 6. The Morgan fingerprint density at radius 3 is 2.40 bits per heavy atom. The Balaban J connectivity index is 2.14. The maximum atomic E-state index is 12.5. The summed E-state index contributed by atoms with van der Waals surface area (Å²) in [6.07, 6.45) is -0.00911. The zero-order valence-corrected chi connectivity index (χ0v) is 15.0. The fourth-order valence-electron chi connectivity index (χ4n) is 2.54. The fraction of sp³-hybridized carbons (Fsp3) is 0.400. The number of fused-ring (bicyclic) bond motifs is 1. The first kappa shape index (κ1) is 18.8. The van der Waals surface area contributed by atoms with Crippen LogP contribution in [0, 0.1) is 0 Å². The average molecular weight is 343 g/mol. The van der Waals surface area contributed by atoms with Crippen molar-refractivity contribution in [2.24, 2.45) is 0 Å². The molecule has 0 aromatic heterocycles. The van der Waals surface area contributed by atoms with Crippen molar-refractivity contribution in [1.82, 2.24) is 4.90 Å². The third-order valence-corrected chi connectivity index (χ3v) is 3.66. The molecule has 1 N–H and O–H groups in total. The largest absolute Gasteiger partial charge is 0.481 e. The molecule has 0 saturated carbocycles. The Bertz CT molecular complexity index is 749. The Morgan fingerprint density at radius 2 is 1.76 bits per heavy atom. The normalized spacial score (nSPS) is 11.3. The maximum absolute atomic E-state index is 12.5. The van der Waals surface area contributed by atoms with Crippen molar-refractivity contribution in [2.75, 3.05) is 6.54 Å². The van der Waals surface area contributed by atoms with Gasteiger partial charge in [0.25, 0.3) is 0 Å². The van der Waals surface area contributed by atoms with Crippen LogP contribution in [0.2, 0.25) is 0 Å².